The highest BCUT2D eigenvalue weighted by Crippen LogP contribution is 2.27. The topological polar surface area (TPSA) is 73.9 Å². The number of carbonyl (C=O) groups is 1. The molecule has 0 aliphatic carbocycles. The van der Waals surface area contributed by atoms with E-state index in [9.17, 15) is 4.79 Å². The minimum Gasteiger partial charge on any atom is -0.346 e. The van der Waals surface area contributed by atoms with Gasteiger partial charge >= 0.3 is 0 Å². The number of nitrogens with zero attached hydrogens (tertiary/aromatic N) is 3. The first-order chi connectivity index (χ1) is 12.7. The van der Waals surface area contributed by atoms with Gasteiger partial charge < -0.3 is 10.3 Å². The molecule has 6 heteroatoms. The van der Waals surface area contributed by atoms with Gasteiger partial charge in [-0.1, -0.05) is 12.0 Å². The first-order valence-electron chi connectivity index (χ1n) is 8.61. The van der Waals surface area contributed by atoms with Gasteiger partial charge in [0.1, 0.15) is 23.6 Å². The number of piperidine rings is 1. The van der Waals surface area contributed by atoms with E-state index in [1.165, 1.54) is 6.33 Å². The number of terminal acetylenes is 1. The van der Waals surface area contributed by atoms with Gasteiger partial charge in [-0.25, -0.2) is 9.97 Å². The molecule has 2 N–H and O–H groups in total. The lowest BCUT2D eigenvalue weighted by molar-refractivity contribution is -0.121. The third-order valence-electron chi connectivity index (χ3n) is 4.65. The Labute approximate surface area is 151 Å². The highest BCUT2D eigenvalue weighted by atomic mass is 16.1. The Morgan fingerprint density at radius 2 is 2.12 bits per heavy atom. The normalized spacial score (nSPS) is 15.1. The largest absolute Gasteiger partial charge is 0.346 e. The van der Waals surface area contributed by atoms with E-state index in [0.717, 1.165) is 53.3 Å². The predicted octanol–water partition coefficient (Wildman–Crippen LogP) is 2.85. The summed E-state index contributed by atoms with van der Waals surface area (Å²) in [7, 11) is 0. The van der Waals surface area contributed by atoms with Crippen LogP contribution in [-0.4, -0.2) is 38.7 Å². The molecule has 0 unspecified atom stereocenters. The quantitative estimate of drug-likeness (QED) is 0.711. The molecule has 0 saturated carbocycles. The molecule has 1 fully saturated rings. The van der Waals surface area contributed by atoms with Crippen LogP contribution in [0, 0.1) is 12.3 Å². The van der Waals surface area contributed by atoms with Gasteiger partial charge in [-0.3, -0.25) is 9.69 Å². The molecular formula is C20H19N5O. The number of hydrogen-bond donors (Lipinski definition) is 2. The molecule has 26 heavy (non-hydrogen) atoms. The molecule has 130 valence electrons. The van der Waals surface area contributed by atoms with Crippen molar-refractivity contribution in [1.29, 1.82) is 0 Å². The minimum atomic E-state index is 0.347. The van der Waals surface area contributed by atoms with Crippen LogP contribution in [0.5, 0.6) is 0 Å². The highest BCUT2D eigenvalue weighted by molar-refractivity contribution is 5.92. The fourth-order valence-electron chi connectivity index (χ4n) is 3.27. The summed E-state index contributed by atoms with van der Waals surface area (Å²) in [6.07, 6.45) is 10.3. The maximum Gasteiger partial charge on any atom is 0.143 e. The van der Waals surface area contributed by atoms with Crippen molar-refractivity contribution in [2.75, 3.05) is 18.4 Å². The second kappa shape index (κ2) is 6.98. The van der Waals surface area contributed by atoms with E-state index < -0.39 is 0 Å². The third-order valence-corrected chi connectivity index (χ3v) is 4.65. The number of carbonyl (C=O) groups excluding carboxylic acids is 1. The van der Waals surface area contributed by atoms with Crippen molar-refractivity contribution in [3.63, 3.8) is 0 Å². The first kappa shape index (κ1) is 16.3. The number of benzene rings is 1. The molecule has 0 radical (unpaired) electrons. The molecule has 0 atom stereocenters. The summed E-state index contributed by atoms with van der Waals surface area (Å²) >= 11 is 0. The Bertz CT molecular complexity index is 991. The van der Waals surface area contributed by atoms with Gasteiger partial charge in [0.05, 0.1) is 5.39 Å². The SMILES string of the molecule is C#Cc1cccc(Nc2ncnc3[nH]cc(CN4CCC(=O)CC4)c23)c1. The van der Waals surface area contributed by atoms with Crippen LogP contribution in [0.4, 0.5) is 11.5 Å². The number of rotatable bonds is 4. The van der Waals surface area contributed by atoms with Crippen LogP contribution >= 0.6 is 0 Å². The van der Waals surface area contributed by atoms with Gasteiger partial charge in [-0.15, -0.1) is 6.42 Å². The van der Waals surface area contributed by atoms with E-state index >= 15 is 0 Å². The van der Waals surface area contributed by atoms with Crippen molar-refractivity contribution in [2.24, 2.45) is 0 Å². The minimum absolute atomic E-state index is 0.347. The van der Waals surface area contributed by atoms with Crippen LogP contribution in [0.25, 0.3) is 11.0 Å². The van der Waals surface area contributed by atoms with Gasteiger partial charge in [0.2, 0.25) is 0 Å². The zero-order valence-electron chi connectivity index (χ0n) is 14.3. The fourth-order valence-corrected chi connectivity index (χ4v) is 3.27. The lowest BCUT2D eigenvalue weighted by Crippen LogP contribution is -2.33. The number of Topliss-reactive ketones (excluding diaryl/α,β-unsaturated/α-hetero) is 1. The van der Waals surface area contributed by atoms with Gasteiger partial charge in [0.25, 0.3) is 0 Å². The molecule has 0 bridgehead atoms. The monoisotopic (exact) mass is 345 g/mol. The van der Waals surface area contributed by atoms with Crippen LogP contribution in [0.3, 0.4) is 0 Å². The van der Waals surface area contributed by atoms with E-state index in [1.807, 2.05) is 30.5 Å². The van der Waals surface area contributed by atoms with Crippen molar-refractivity contribution < 1.29 is 4.79 Å². The summed E-state index contributed by atoms with van der Waals surface area (Å²) in [5, 5.41) is 4.32. The number of hydrogen-bond acceptors (Lipinski definition) is 5. The van der Waals surface area contributed by atoms with Crippen LogP contribution < -0.4 is 5.32 Å². The average molecular weight is 345 g/mol. The Kier molecular flexibility index (Phi) is 4.38. The average Bonchev–Trinajstić information content (AvgIpc) is 3.08. The van der Waals surface area contributed by atoms with Crippen LogP contribution in [0.2, 0.25) is 0 Å². The van der Waals surface area contributed by atoms with Crippen molar-refractivity contribution in [2.45, 2.75) is 19.4 Å². The molecule has 1 aliphatic heterocycles. The van der Waals surface area contributed by atoms with Crippen molar-refractivity contribution in [3.8, 4) is 12.3 Å². The van der Waals surface area contributed by atoms with Gasteiger partial charge in [0, 0.05) is 49.9 Å². The van der Waals surface area contributed by atoms with Crippen LogP contribution in [-0.2, 0) is 11.3 Å². The van der Waals surface area contributed by atoms with E-state index in [0.29, 0.717) is 18.6 Å². The molecule has 0 amide bonds. The van der Waals surface area contributed by atoms with Crippen LogP contribution in [0.15, 0.2) is 36.8 Å². The molecule has 1 aliphatic rings. The Morgan fingerprint density at radius 3 is 2.92 bits per heavy atom. The molecule has 1 aromatic carbocycles. The van der Waals surface area contributed by atoms with E-state index in [4.69, 9.17) is 6.42 Å². The fraction of sp³-hybridized carbons (Fsp3) is 0.250. The number of ketones is 1. The van der Waals surface area contributed by atoms with Crippen molar-refractivity contribution in [1.82, 2.24) is 19.9 Å². The second-order valence-electron chi connectivity index (χ2n) is 6.42. The molecule has 1 saturated heterocycles. The first-order valence-corrected chi connectivity index (χ1v) is 8.61. The highest BCUT2D eigenvalue weighted by Gasteiger charge is 2.19. The van der Waals surface area contributed by atoms with E-state index in [2.05, 4.69) is 31.1 Å². The van der Waals surface area contributed by atoms with Crippen LogP contribution in [0.1, 0.15) is 24.0 Å². The second-order valence-corrected chi connectivity index (χ2v) is 6.42. The summed E-state index contributed by atoms with van der Waals surface area (Å²) in [6, 6.07) is 7.67. The molecule has 4 rings (SSSR count). The van der Waals surface area contributed by atoms with Gasteiger partial charge in [-0.2, -0.15) is 0 Å². The molecule has 6 nitrogen and oxygen atoms in total. The summed E-state index contributed by atoms with van der Waals surface area (Å²) < 4.78 is 0. The molecule has 3 heterocycles. The van der Waals surface area contributed by atoms with Crippen molar-refractivity contribution >= 4 is 28.3 Å². The lowest BCUT2D eigenvalue weighted by Gasteiger charge is -2.25. The smallest absolute Gasteiger partial charge is 0.143 e. The van der Waals surface area contributed by atoms with Crippen molar-refractivity contribution in [3.05, 3.63) is 47.9 Å². The molecular weight excluding hydrogens is 326 g/mol. The number of H-pyrrole nitrogens is 1. The molecule has 3 aromatic rings. The zero-order valence-corrected chi connectivity index (χ0v) is 14.3. The number of aromatic amines is 1. The number of anilines is 2. The summed E-state index contributed by atoms with van der Waals surface area (Å²) in [5.41, 5.74) is 3.60. The summed E-state index contributed by atoms with van der Waals surface area (Å²) in [5.74, 6) is 3.73. The molecule has 0 spiro atoms. The lowest BCUT2D eigenvalue weighted by atomic mass is 10.1. The Balaban J connectivity index is 1.64. The number of aromatic nitrogens is 3. The number of nitrogens with one attached hydrogen (secondary N) is 2. The standard InChI is InChI=1S/C20H19N5O/c1-2-14-4-3-5-16(10-14)24-20-18-15(11-21-19(18)22-13-23-20)12-25-8-6-17(26)7-9-25/h1,3-5,10-11,13H,6-9,12H2,(H2,21,22,23,24). The summed E-state index contributed by atoms with van der Waals surface area (Å²) in [6.45, 7) is 2.36. The van der Waals surface area contributed by atoms with E-state index in [1.54, 1.807) is 0 Å². The molecule has 2 aromatic heterocycles. The maximum absolute atomic E-state index is 11.5. The van der Waals surface area contributed by atoms with E-state index in [-0.39, 0.29) is 0 Å². The zero-order chi connectivity index (χ0) is 17.9. The third kappa shape index (κ3) is 3.30. The maximum atomic E-state index is 11.5. The number of likely N-dealkylation sites (tertiary alicyclic amines) is 1. The van der Waals surface area contributed by atoms with Gasteiger partial charge in [0.15, 0.2) is 0 Å². The predicted molar refractivity (Wildman–Crippen MR) is 101 cm³/mol. The Morgan fingerprint density at radius 1 is 1.27 bits per heavy atom. The Hall–Kier alpha value is -3.17. The number of fused-ring (bicyclic) bond motifs is 1. The summed E-state index contributed by atoms with van der Waals surface area (Å²) in [4.78, 5) is 25.7. The van der Waals surface area contributed by atoms with Gasteiger partial charge in [-0.05, 0) is 23.8 Å².